The average molecular weight is 317 g/mol. The molecule has 5 rings (SSSR count). The maximum absolute atomic E-state index is 12.8. The first-order chi connectivity index (χ1) is 11.7. The van der Waals surface area contributed by atoms with Crippen LogP contribution in [-0.2, 0) is 6.42 Å². The molecule has 0 saturated carbocycles. The maximum atomic E-state index is 12.8. The van der Waals surface area contributed by atoms with Gasteiger partial charge in [-0.25, -0.2) is 4.79 Å². The van der Waals surface area contributed by atoms with E-state index in [1.165, 1.54) is 22.2 Å². The summed E-state index contributed by atoms with van der Waals surface area (Å²) in [7, 11) is 1.90. The van der Waals surface area contributed by atoms with Gasteiger partial charge in [0.05, 0.1) is 12.1 Å². The highest BCUT2D eigenvalue weighted by molar-refractivity contribution is 5.87. The molecule has 24 heavy (non-hydrogen) atoms. The van der Waals surface area contributed by atoms with Crippen LogP contribution in [0.4, 0.5) is 4.79 Å². The number of urea groups is 1. The molecule has 2 amide bonds. The summed E-state index contributed by atoms with van der Waals surface area (Å²) in [5.74, 6) is 0. The summed E-state index contributed by atoms with van der Waals surface area (Å²) < 4.78 is 0. The van der Waals surface area contributed by atoms with E-state index in [1.54, 1.807) is 0 Å². The molecule has 4 heteroatoms. The molecular formula is C20H19N3O. The number of amides is 2. The second-order valence-corrected chi connectivity index (χ2v) is 6.80. The molecule has 0 aliphatic carbocycles. The number of fused-ring (bicyclic) bond motifs is 4. The molecular weight excluding hydrogens is 298 g/mol. The minimum atomic E-state index is -0.0372. The van der Waals surface area contributed by atoms with Gasteiger partial charge >= 0.3 is 6.03 Å². The van der Waals surface area contributed by atoms with E-state index >= 15 is 0 Å². The van der Waals surface area contributed by atoms with Gasteiger partial charge < -0.3 is 14.8 Å². The van der Waals surface area contributed by atoms with Gasteiger partial charge in [0.2, 0.25) is 0 Å². The standard InChI is InChI=1S/C20H19N3O/c1-22-12-14-11-16-15-9-5-6-10-17(15)21-18(16)19(23(14)20(22)24)13-7-3-2-4-8-13/h2-10,14,19,21H,11-12H2,1H3. The van der Waals surface area contributed by atoms with Gasteiger partial charge in [0.1, 0.15) is 0 Å². The highest BCUT2D eigenvalue weighted by atomic mass is 16.2. The number of rotatable bonds is 1. The molecule has 1 saturated heterocycles. The second-order valence-electron chi connectivity index (χ2n) is 6.80. The minimum Gasteiger partial charge on any atom is -0.356 e. The summed E-state index contributed by atoms with van der Waals surface area (Å²) in [5.41, 5.74) is 4.86. The Morgan fingerprint density at radius 1 is 1.04 bits per heavy atom. The number of benzene rings is 2. The molecule has 2 atom stereocenters. The second kappa shape index (κ2) is 4.87. The van der Waals surface area contributed by atoms with Crippen molar-refractivity contribution < 1.29 is 4.79 Å². The predicted octanol–water partition coefficient (Wildman–Crippen LogP) is 3.55. The van der Waals surface area contributed by atoms with Crippen molar-refractivity contribution in [2.75, 3.05) is 13.6 Å². The number of aromatic nitrogens is 1. The Morgan fingerprint density at radius 2 is 1.79 bits per heavy atom. The third-order valence-electron chi connectivity index (χ3n) is 5.38. The van der Waals surface area contributed by atoms with Crippen LogP contribution in [0, 0.1) is 0 Å². The van der Waals surface area contributed by atoms with Gasteiger partial charge in [-0.2, -0.15) is 0 Å². The number of aromatic amines is 1. The summed E-state index contributed by atoms with van der Waals surface area (Å²) in [4.78, 5) is 20.3. The molecule has 2 aliphatic heterocycles. The molecule has 120 valence electrons. The average Bonchev–Trinajstić information content (AvgIpc) is 3.12. The highest BCUT2D eigenvalue weighted by Gasteiger charge is 2.45. The van der Waals surface area contributed by atoms with Crippen LogP contribution >= 0.6 is 0 Å². The number of H-pyrrole nitrogens is 1. The summed E-state index contributed by atoms with van der Waals surface area (Å²) in [5, 5.41) is 1.29. The fourth-order valence-corrected chi connectivity index (χ4v) is 4.33. The fraction of sp³-hybridized carbons (Fsp3) is 0.250. The van der Waals surface area contributed by atoms with E-state index in [2.05, 4.69) is 46.3 Å². The van der Waals surface area contributed by atoms with Crippen LogP contribution in [-0.4, -0.2) is 40.4 Å². The molecule has 3 aromatic rings. The van der Waals surface area contributed by atoms with Crippen molar-refractivity contribution in [3.05, 3.63) is 71.4 Å². The van der Waals surface area contributed by atoms with Crippen molar-refractivity contribution >= 4 is 16.9 Å². The van der Waals surface area contributed by atoms with Crippen molar-refractivity contribution in [2.24, 2.45) is 0 Å². The number of nitrogens with zero attached hydrogens (tertiary/aromatic N) is 2. The van der Waals surface area contributed by atoms with E-state index in [1.807, 2.05) is 30.1 Å². The Kier molecular flexibility index (Phi) is 2.77. The van der Waals surface area contributed by atoms with Crippen LogP contribution in [0.5, 0.6) is 0 Å². The lowest BCUT2D eigenvalue weighted by atomic mass is 9.89. The largest absolute Gasteiger partial charge is 0.356 e. The molecule has 0 bridgehead atoms. The van der Waals surface area contributed by atoms with E-state index in [0.717, 1.165) is 18.5 Å². The number of nitrogens with one attached hydrogen (secondary N) is 1. The third kappa shape index (κ3) is 1.77. The molecule has 4 nitrogen and oxygen atoms in total. The SMILES string of the molecule is CN1CC2Cc3c([nH]c4ccccc34)C(c3ccccc3)N2C1=O. The first-order valence-corrected chi connectivity index (χ1v) is 8.42. The highest BCUT2D eigenvalue weighted by Crippen LogP contribution is 2.43. The summed E-state index contributed by atoms with van der Waals surface area (Å²) in [6.07, 6.45) is 0.915. The molecule has 3 heterocycles. The van der Waals surface area contributed by atoms with Crippen molar-refractivity contribution in [3.63, 3.8) is 0 Å². The Balaban J connectivity index is 1.76. The number of likely N-dealkylation sites (N-methyl/N-ethyl adjacent to an activating group) is 1. The summed E-state index contributed by atoms with van der Waals surface area (Å²) in [6, 6.07) is 19.1. The van der Waals surface area contributed by atoms with E-state index in [9.17, 15) is 4.79 Å². The Bertz CT molecular complexity index is 930. The topological polar surface area (TPSA) is 39.3 Å². The third-order valence-corrected chi connectivity index (χ3v) is 5.38. The first-order valence-electron chi connectivity index (χ1n) is 8.42. The van der Waals surface area contributed by atoms with Crippen LogP contribution in [0.3, 0.4) is 0 Å². The number of carbonyl (C=O) groups excluding carboxylic acids is 1. The Labute approximate surface area is 140 Å². The van der Waals surface area contributed by atoms with E-state index in [-0.39, 0.29) is 18.1 Å². The zero-order valence-electron chi connectivity index (χ0n) is 13.6. The van der Waals surface area contributed by atoms with Gasteiger partial charge in [0.15, 0.2) is 0 Å². The van der Waals surface area contributed by atoms with E-state index < -0.39 is 0 Å². The molecule has 0 spiro atoms. The number of hydrogen-bond acceptors (Lipinski definition) is 1. The van der Waals surface area contributed by atoms with E-state index in [4.69, 9.17) is 0 Å². The van der Waals surface area contributed by atoms with Crippen LogP contribution in [0.15, 0.2) is 54.6 Å². The van der Waals surface area contributed by atoms with Gasteiger partial charge in [-0.15, -0.1) is 0 Å². The number of carbonyl (C=O) groups is 1. The fourth-order valence-electron chi connectivity index (χ4n) is 4.33. The van der Waals surface area contributed by atoms with Crippen molar-refractivity contribution in [2.45, 2.75) is 18.5 Å². The van der Waals surface area contributed by atoms with Crippen molar-refractivity contribution in [1.29, 1.82) is 0 Å². The lowest BCUT2D eigenvalue weighted by Crippen LogP contribution is -2.43. The van der Waals surface area contributed by atoms with Gasteiger partial charge in [-0.3, -0.25) is 0 Å². The Hall–Kier alpha value is -2.75. The molecule has 1 fully saturated rings. The van der Waals surface area contributed by atoms with Crippen molar-refractivity contribution in [3.8, 4) is 0 Å². The zero-order valence-corrected chi connectivity index (χ0v) is 13.6. The smallest absolute Gasteiger partial charge is 0.320 e. The normalized spacial score (nSPS) is 22.8. The number of para-hydroxylation sites is 1. The maximum Gasteiger partial charge on any atom is 0.320 e. The number of hydrogen-bond donors (Lipinski definition) is 1. The molecule has 0 radical (unpaired) electrons. The van der Waals surface area contributed by atoms with E-state index in [0.29, 0.717) is 0 Å². The van der Waals surface area contributed by atoms with Gasteiger partial charge in [-0.05, 0) is 23.6 Å². The first kappa shape index (κ1) is 13.7. The summed E-state index contributed by atoms with van der Waals surface area (Å²) >= 11 is 0. The molecule has 1 N–H and O–H groups in total. The van der Waals surface area contributed by atoms with Crippen LogP contribution in [0.1, 0.15) is 22.9 Å². The van der Waals surface area contributed by atoms with Crippen molar-refractivity contribution in [1.82, 2.24) is 14.8 Å². The molecule has 2 aliphatic rings. The monoisotopic (exact) mass is 317 g/mol. The predicted molar refractivity (Wildman–Crippen MR) is 93.9 cm³/mol. The minimum absolute atomic E-state index is 0.0372. The van der Waals surface area contributed by atoms with Gasteiger partial charge in [-0.1, -0.05) is 48.5 Å². The van der Waals surface area contributed by atoms with Crippen LogP contribution < -0.4 is 0 Å². The van der Waals surface area contributed by atoms with Crippen LogP contribution in [0.25, 0.3) is 10.9 Å². The molecule has 2 aromatic carbocycles. The zero-order chi connectivity index (χ0) is 16.3. The molecule has 2 unspecified atom stereocenters. The lowest BCUT2D eigenvalue weighted by molar-refractivity contribution is 0.171. The molecule has 1 aromatic heterocycles. The Morgan fingerprint density at radius 3 is 2.62 bits per heavy atom. The lowest BCUT2D eigenvalue weighted by Gasteiger charge is -2.37. The quantitative estimate of drug-likeness (QED) is 0.732. The van der Waals surface area contributed by atoms with Gasteiger partial charge in [0.25, 0.3) is 0 Å². The summed E-state index contributed by atoms with van der Waals surface area (Å²) in [6.45, 7) is 0.793. The van der Waals surface area contributed by atoms with Gasteiger partial charge in [0, 0.05) is 30.2 Å². The van der Waals surface area contributed by atoms with Crippen LogP contribution in [0.2, 0.25) is 0 Å².